The maximum atomic E-state index is 4.37. The largest absolute Gasteiger partial charge is 0.165 e. The van der Waals surface area contributed by atoms with Gasteiger partial charge in [0.2, 0.25) is 0 Å². The Balaban J connectivity index is 2.53. The summed E-state index contributed by atoms with van der Waals surface area (Å²) < 4.78 is 0.260. The Bertz CT molecular complexity index is 145. The summed E-state index contributed by atoms with van der Waals surface area (Å²) in [6.07, 6.45) is 6.73. The lowest BCUT2D eigenvalue weighted by Gasteiger charge is -2.40. The minimum atomic E-state index is 0.260. The second-order valence-corrected chi connectivity index (χ2v) is 6.14. The van der Waals surface area contributed by atoms with E-state index in [1.807, 2.05) is 0 Å². The van der Waals surface area contributed by atoms with Crippen LogP contribution < -0.4 is 0 Å². The van der Waals surface area contributed by atoms with E-state index in [0.717, 1.165) is 12.3 Å². The summed E-state index contributed by atoms with van der Waals surface area (Å²) >= 11 is 8.73. The average molecular weight is 204 g/mol. The summed E-state index contributed by atoms with van der Waals surface area (Å²) in [4.78, 5) is 0. The Morgan fingerprint density at radius 3 is 2.58 bits per heavy atom. The van der Waals surface area contributed by atoms with Crippen LogP contribution in [0.5, 0.6) is 0 Å². The third-order valence-corrected chi connectivity index (χ3v) is 3.84. The fraction of sp³-hybridized carbons (Fsp3) is 1.00. The zero-order valence-electron chi connectivity index (χ0n) is 8.08. The first-order chi connectivity index (χ1) is 5.54. The van der Waals surface area contributed by atoms with E-state index in [9.17, 15) is 0 Å². The van der Waals surface area contributed by atoms with Crippen molar-refractivity contribution in [3.05, 3.63) is 0 Å². The predicted molar refractivity (Wildman–Crippen MR) is 62.1 cm³/mol. The van der Waals surface area contributed by atoms with Gasteiger partial charge in [0.05, 0.1) is 0 Å². The van der Waals surface area contributed by atoms with Crippen molar-refractivity contribution in [3.8, 4) is 0 Å². The highest BCUT2D eigenvalue weighted by Gasteiger charge is 2.34. The van der Waals surface area contributed by atoms with Crippen molar-refractivity contribution in [2.24, 2.45) is 11.3 Å². The van der Waals surface area contributed by atoms with E-state index in [4.69, 9.17) is 0 Å². The van der Waals surface area contributed by atoms with Crippen molar-refractivity contribution in [2.75, 3.05) is 0 Å². The van der Waals surface area contributed by atoms with E-state index in [2.05, 4.69) is 39.1 Å². The Hall–Kier alpha value is 0.700. The molecule has 12 heavy (non-hydrogen) atoms. The number of rotatable bonds is 2. The number of hydrogen-bond donors (Lipinski definition) is 2. The van der Waals surface area contributed by atoms with Gasteiger partial charge in [-0.15, -0.1) is 0 Å². The monoisotopic (exact) mass is 204 g/mol. The molecule has 2 atom stereocenters. The van der Waals surface area contributed by atoms with Crippen LogP contribution in [-0.2, 0) is 0 Å². The molecule has 0 radical (unpaired) electrons. The van der Waals surface area contributed by atoms with Crippen molar-refractivity contribution in [1.82, 2.24) is 0 Å². The third-order valence-electron chi connectivity index (χ3n) is 3.47. The molecule has 1 saturated carbocycles. The van der Waals surface area contributed by atoms with Gasteiger partial charge in [0.25, 0.3) is 0 Å². The molecule has 1 aliphatic carbocycles. The molecule has 1 aliphatic rings. The second-order valence-electron chi connectivity index (χ2n) is 4.49. The maximum absolute atomic E-state index is 4.37. The fourth-order valence-electron chi connectivity index (χ4n) is 2.29. The molecule has 2 heteroatoms. The van der Waals surface area contributed by atoms with Crippen molar-refractivity contribution >= 4 is 25.3 Å². The summed E-state index contributed by atoms with van der Waals surface area (Å²) in [5.74, 6) is 0.855. The Morgan fingerprint density at radius 1 is 1.42 bits per heavy atom. The summed E-state index contributed by atoms with van der Waals surface area (Å²) in [5.41, 5.74) is 0.506. The lowest BCUT2D eigenvalue weighted by Crippen LogP contribution is -2.30. The first kappa shape index (κ1) is 10.8. The van der Waals surface area contributed by atoms with Crippen molar-refractivity contribution in [3.63, 3.8) is 0 Å². The first-order valence-corrected chi connectivity index (χ1v) is 5.94. The summed E-state index contributed by atoms with van der Waals surface area (Å²) in [5, 5.41) is 0. The molecule has 0 heterocycles. The molecule has 0 saturated heterocycles. The van der Waals surface area contributed by atoms with Crippen LogP contribution >= 0.6 is 25.3 Å². The van der Waals surface area contributed by atoms with Gasteiger partial charge in [-0.2, -0.15) is 25.3 Å². The van der Waals surface area contributed by atoms with E-state index in [1.54, 1.807) is 0 Å². The van der Waals surface area contributed by atoms with Crippen LogP contribution in [0.15, 0.2) is 0 Å². The van der Waals surface area contributed by atoms with E-state index in [-0.39, 0.29) is 4.58 Å². The zero-order chi connectivity index (χ0) is 9.19. The maximum Gasteiger partial charge on any atom is 0.0447 e. The van der Waals surface area contributed by atoms with Crippen LogP contribution in [0, 0.1) is 11.3 Å². The molecular weight excluding hydrogens is 184 g/mol. The fourth-order valence-corrected chi connectivity index (χ4v) is 3.13. The number of hydrogen-bond acceptors (Lipinski definition) is 2. The third kappa shape index (κ3) is 2.59. The normalized spacial score (nSPS) is 37.2. The molecule has 0 aromatic heterocycles. The van der Waals surface area contributed by atoms with E-state index in [1.165, 1.54) is 25.7 Å². The Kier molecular flexibility index (Phi) is 3.84. The summed E-state index contributed by atoms with van der Waals surface area (Å²) in [6.45, 7) is 4.78. The van der Waals surface area contributed by atoms with Gasteiger partial charge in [0.15, 0.2) is 0 Å². The molecular formula is C10H20S2. The highest BCUT2D eigenvalue weighted by Crippen LogP contribution is 2.45. The molecule has 0 aromatic carbocycles. The van der Waals surface area contributed by atoms with Gasteiger partial charge in [-0.25, -0.2) is 0 Å². The van der Waals surface area contributed by atoms with Crippen molar-refractivity contribution in [1.29, 1.82) is 0 Å². The van der Waals surface area contributed by atoms with Gasteiger partial charge in [0, 0.05) is 4.58 Å². The van der Waals surface area contributed by atoms with E-state index < -0.39 is 0 Å². The zero-order valence-corrected chi connectivity index (χ0v) is 9.87. The summed E-state index contributed by atoms with van der Waals surface area (Å²) in [7, 11) is 0. The SMILES string of the molecule is CC1CCCCC1(C)CC(S)S. The van der Waals surface area contributed by atoms with Gasteiger partial charge in [-0.3, -0.25) is 0 Å². The van der Waals surface area contributed by atoms with Crippen LogP contribution in [0.4, 0.5) is 0 Å². The molecule has 0 nitrogen and oxygen atoms in total. The molecule has 2 unspecified atom stereocenters. The van der Waals surface area contributed by atoms with Crippen LogP contribution in [0.2, 0.25) is 0 Å². The van der Waals surface area contributed by atoms with Gasteiger partial charge in [-0.05, 0) is 24.2 Å². The van der Waals surface area contributed by atoms with Crippen LogP contribution in [-0.4, -0.2) is 4.58 Å². The van der Waals surface area contributed by atoms with E-state index >= 15 is 0 Å². The topological polar surface area (TPSA) is 0 Å². The molecule has 0 aliphatic heterocycles. The Morgan fingerprint density at radius 2 is 2.08 bits per heavy atom. The standard InChI is InChI=1S/C10H20S2/c1-8-5-3-4-6-10(8,2)7-9(11)12/h8-9,11-12H,3-7H2,1-2H3. The predicted octanol–water partition coefficient (Wildman–Crippen LogP) is 3.78. The smallest absolute Gasteiger partial charge is 0.0447 e. The molecule has 0 N–H and O–H groups in total. The highest BCUT2D eigenvalue weighted by molar-refractivity contribution is 7.99. The minimum Gasteiger partial charge on any atom is -0.165 e. The first-order valence-electron chi connectivity index (χ1n) is 4.91. The lowest BCUT2D eigenvalue weighted by molar-refractivity contribution is 0.124. The number of thiol groups is 2. The average Bonchev–Trinajstić information content (AvgIpc) is 1.94. The molecule has 1 fully saturated rings. The van der Waals surface area contributed by atoms with Crippen LogP contribution in [0.3, 0.4) is 0 Å². The van der Waals surface area contributed by atoms with Gasteiger partial charge in [-0.1, -0.05) is 33.1 Å². The summed E-state index contributed by atoms with van der Waals surface area (Å²) in [6, 6.07) is 0. The van der Waals surface area contributed by atoms with Gasteiger partial charge in [0.1, 0.15) is 0 Å². The van der Waals surface area contributed by atoms with Crippen molar-refractivity contribution < 1.29 is 0 Å². The van der Waals surface area contributed by atoms with E-state index in [0.29, 0.717) is 5.41 Å². The minimum absolute atomic E-state index is 0.260. The second kappa shape index (κ2) is 4.28. The molecule has 72 valence electrons. The molecule has 1 rings (SSSR count). The molecule has 0 amide bonds. The molecule has 0 aromatic rings. The molecule has 0 bridgehead atoms. The quantitative estimate of drug-likeness (QED) is 0.496. The van der Waals surface area contributed by atoms with Gasteiger partial charge < -0.3 is 0 Å². The molecule has 0 spiro atoms. The van der Waals surface area contributed by atoms with Crippen LogP contribution in [0.1, 0.15) is 46.0 Å². The van der Waals surface area contributed by atoms with Crippen molar-refractivity contribution in [2.45, 2.75) is 50.5 Å². The van der Waals surface area contributed by atoms with Crippen LogP contribution in [0.25, 0.3) is 0 Å². The lowest BCUT2D eigenvalue weighted by atomic mass is 9.67. The Labute approximate surface area is 87.3 Å². The highest BCUT2D eigenvalue weighted by atomic mass is 32.2. The van der Waals surface area contributed by atoms with Gasteiger partial charge >= 0.3 is 0 Å².